The average molecular weight is 440 g/mol. The molecule has 0 saturated carbocycles. The van der Waals surface area contributed by atoms with Gasteiger partial charge < -0.3 is 14.5 Å². The van der Waals surface area contributed by atoms with Gasteiger partial charge in [-0.3, -0.25) is 9.69 Å². The molecule has 6 nitrogen and oxygen atoms in total. The van der Waals surface area contributed by atoms with Gasteiger partial charge in [0.25, 0.3) is 5.91 Å². The van der Waals surface area contributed by atoms with E-state index in [0.29, 0.717) is 22.3 Å². The third kappa shape index (κ3) is 4.87. The van der Waals surface area contributed by atoms with Crippen molar-refractivity contribution in [1.29, 1.82) is 0 Å². The number of fused-ring (bicyclic) bond motifs is 1. The molecule has 166 valence electrons. The summed E-state index contributed by atoms with van der Waals surface area (Å²) in [4.78, 5) is 27.4. The summed E-state index contributed by atoms with van der Waals surface area (Å²) in [5, 5.41) is 3.78. The molecule has 1 saturated heterocycles. The van der Waals surface area contributed by atoms with E-state index in [-0.39, 0.29) is 5.91 Å². The van der Waals surface area contributed by atoms with E-state index in [1.54, 1.807) is 30.3 Å². The number of ether oxygens (including phenoxy) is 1. The van der Waals surface area contributed by atoms with E-state index in [1.165, 1.54) is 5.56 Å². The molecule has 4 aromatic rings. The van der Waals surface area contributed by atoms with Gasteiger partial charge in [0, 0.05) is 36.3 Å². The van der Waals surface area contributed by atoms with Crippen molar-refractivity contribution in [2.75, 3.05) is 31.6 Å². The maximum Gasteiger partial charge on any atom is 0.344 e. The molecule has 0 spiro atoms. The Morgan fingerprint density at radius 2 is 1.64 bits per heavy atom. The number of carbonyl (C=O) groups excluding carboxylic acids is 1. The zero-order valence-electron chi connectivity index (χ0n) is 18.1. The molecule has 0 atom stereocenters. The van der Waals surface area contributed by atoms with Gasteiger partial charge >= 0.3 is 5.63 Å². The van der Waals surface area contributed by atoms with Gasteiger partial charge in [0.15, 0.2) is 0 Å². The van der Waals surface area contributed by atoms with E-state index in [9.17, 15) is 9.59 Å². The molecular weight excluding hydrogens is 416 g/mol. The van der Waals surface area contributed by atoms with Crippen LogP contribution in [0.4, 0.5) is 5.69 Å². The summed E-state index contributed by atoms with van der Waals surface area (Å²) in [7, 11) is 0. The molecular formula is C27H24N2O4. The largest absolute Gasteiger partial charge is 0.422 e. The van der Waals surface area contributed by atoms with E-state index in [0.717, 1.165) is 43.9 Å². The highest BCUT2D eigenvalue weighted by molar-refractivity contribution is 6.04. The quantitative estimate of drug-likeness (QED) is 0.461. The van der Waals surface area contributed by atoms with Crippen LogP contribution in [0.3, 0.4) is 0 Å². The first-order valence-electron chi connectivity index (χ1n) is 11.0. The Hall–Kier alpha value is -3.74. The van der Waals surface area contributed by atoms with Crippen molar-refractivity contribution in [1.82, 2.24) is 4.90 Å². The number of benzene rings is 3. The van der Waals surface area contributed by atoms with Crippen LogP contribution in [0.5, 0.6) is 0 Å². The van der Waals surface area contributed by atoms with Crippen molar-refractivity contribution in [3.63, 3.8) is 0 Å². The van der Waals surface area contributed by atoms with Crippen LogP contribution in [0.25, 0.3) is 22.1 Å². The molecule has 1 fully saturated rings. The van der Waals surface area contributed by atoms with E-state index >= 15 is 0 Å². The lowest BCUT2D eigenvalue weighted by molar-refractivity contribution is 0.0342. The van der Waals surface area contributed by atoms with E-state index < -0.39 is 5.63 Å². The van der Waals surface area contributed by atoms with Crippen LogP contribution in [-0.2, 0) is 11.3 Å². The molecule has 0 bridgehead atoms. The number of anilines is 1. The fourth-order valence-electron chi connectivity index (χ4n) is 3.98. The third-order valence-corrected chi connectivity index (χ3v) is 5.82. The van der Waals surface area contributed by atoms with Gasteiger partial charge in [0.05, 0.1) is 18.8 Å². The number of hydrogen-bond donors (Lipinski definition) is 1. The number of hydrogen-bond acceptors (Lipinski definition) is 5. The summed E-state index contributed by atoms with van der Waals surface area (Å²) < 4.78 is 10.8. The summed E-state index contributed by atoms with van der Waals surface area (Å²) >= 11 is 0. The zero-order valence-corrected chi connectivity index (χ0v) is 18.1. The molecule has 3 aromatic carbocycles. The Morgan fingerprint density at radius 3 is 2.39 bits per heavy atom. The fraction of sp³-hybridized carbons (Fsp3) is 0.185. The average Bonchev–Trinajstić information content (AvgIpc) is 2.85. The van der Waals surface area contributed by atoms with Crippen molar-refractivity contribution < 1.29 is 13.9 Å². The molecule has 5 rings (SSSR count). The predicted octanol–water partition coefficient (Wildman–Crippen LogP) is 4.54. The van der Waals surface area contributed by atoms with Crippen LogP contribution in [-0.4, -0.2) is 37.1 Å². The summed E-state index contributed by atoms with van der Waals surface area (Å²) in [6, 6.07) is 24.1. The number of para-hydroxylation sites is 1. The van der Waals surface area contributed by atoms with Gasteiger partial charge in [-0.25, -0.2) is 4.79 Å². The fourth-order valence-corrected chi connectivity index (χ4v) is 3.98. The van der Waals surface area contributed by atoms with E-state index in [4.69, 9.17) is 9.15 Å². The van der Waals surface area contributed by atoms with Gasteiger partial charge in [-0.2, -0.15) is 0 Å². The number of morpholine rings is 1. The zero-order chi connectivity index (χ0) is 22.6. The van der Waals surface area contributed by atoms with Crippen LogP contribution >= 0.6 is 0 Å². The van der Waals surface area contributed by atoms with Gasteiger partial charge in [0.2, 0.25) is 0 Å². The lowest BCUT2D eigenvalue weighted by Gasteiger charge is -2.26. The number of nitrogens with one attached hydrogen (secondary N) is 1. The van der Waals surface area contributed by atoms with E-state index in [1.807, 2.05) is 48.5 Å². The summed E-state index contributed by atoms with van der Waals surface area (Å²) in [5.41, 5.74) is 3.79. The van der Waals surface area contributed by atoms with Crippen LogP contribution in [0.2, 0.25) is 0 Å². The molecule has 1 aliphatic heterocycles. The molecule has 1 aliphatic rings. The van der Waals surface area contributed by atoms with Crippen molar-refractivity contribution in [3.05, 3.63) is 100 Å². The van der Waals surface area contributed by atoms with Crippen LogP contribution in [0, 0.1) is 0 Å². The molecule has 0 aliphatic carbocycles. The highest BCUT2D eigenvalue weighted by Crippen LogP contribution is 2.22. The second-order valence-electron chi connectivity index (χ2n) is 8.10. The maximum atomic E-state index is 12.7. The number of carbonyl (C=O) groups is 1. The second kappa shape index (κ2) is 9.40. The second-order valence-corrected chi connectivity index (χ2v) is 8.10. The molecule has 0 radical (unpaired) electrons. The Morgan fingerprint density at radius 1 is 0.909 bits per heavy atom. The van der Waals surface area contributed by atoms with Crippen molar-refractivity contribution >= 4 is 22.6 Å². The Kier molecular flexibility index (Phi) is 6.02. The summed E-state index contributed by atoms with van der Waals surface area (Å²) in [5.74, 6) is -0.201. The smallest absolute Gasteiger partial charge is 0.344 e. The highest BCUT2D eigenvalue weighted by Gasteiger charge is 2.12. The van der Waals surface area contributed by atoms with E-state index in [2.05, 4.69) is 10.2 Å². The minimum Gasteiger partial charge on any atom is -0.422 e. The maximum absolute atomic E-state index is 12.7. The van der Waals surface area contributed by atoms with Gasteiger partial charge in [-0.15, -0.1) is 0 Å². The summed E-state index contributed by atoms with van der Waals surface area (Å²) in [6.07, 6.45) is 0. The molecule has 6 heteroatoms. The lowest BCUT2D eigenvalue weighted by Crippen LogP contribution is -2.35. The Balaban J connectivity index is 1.26. The Bertz CT molecular complexity index is 1320. The third-order valence-electron chi connectivity index (χ3n) is 5.82. The number of amides is 1. The van der Waals surface area contributed by atoms with Gasteiger partial charge in [-0.1, -0.05) is 42.5 Å². The molecule has 0 unspecified atom stereocenters. The minimum absolute atomic E-state index is 0.201. The van der Waals surface area contributed by atoms with Crippen LogP contribution in [0.1, 0.15) is 15.9 Å². The van der Waals surface area contributed by atoms with Crippen molar-refractivity contribution in [3.8, 4) is 11.1 Å². The predicted molar refractivity (Wildman–Crippen MR) is 128 cm³/mol. The SMILES string of the molecule is O=C(Nc1ccc(CN2CCOCC2)cc1)c1ccc(-c2cc3ccccc3oc2=O)cc1. The molecule has 1 aromatic heterocycles. The number of nitrogens with zero attached hydrogens (tertiary/aromatic N) is 1. The molecule has 2 heterocycles. The first kappa shape index (κ1) is 21.1. The molecule has 1 amide bonds. The topological polar surface area (TPSA) is 71.8 Å². The standard InChI is InChI=1S/C27H24N2O4/c30-26(28-23-11-5-19(6-12-23)18-29-13-15-32-16-14-29)21-9-7-20(8-10-21)24-17-22-3-1-2-4-25(22)33-27(24)31/h1-12,17H,13-16,18H2,(H,28,30). The van der Waals surface area contributed by atoms with Crippen LogP contribution < -0.4 is 10.9 Å². The minimum atomic E-state index is -0.400. The lowest BCUT2D eigenvalue weighted by atomic mass is 10.0. The Labute approximate surface area is 191 Å². The number of rotatable bonds is 5. The van der Waals surface area contributed by atoms with Crippen LogP contribution in [0.15, 0.2) is 88.1 Å². The summed E-state index contributed by atoms with van der Waals surface area (Å²) in [6.45, 7) is 4.31. The molecule has 33 heavy (non-hydrogen) atoms. The molecule has 1 N–H and O–H groups in total. The van der Waals surface area contributed by atoms with Gasteiger partial charge in [-0.05, 0) is 47.5 Å². The van der Waals surface area contributed by atoms with Crippen molar-refractivity contribution in [2.24, 2.45) is 0 Å². The monoisotopic (exact) mass is 440 g/mol. The normalized spacial score (nSPS) is 14.3. The van der Waals surface area contributed by atoms with Gasteiger partial charge in [0.1, 0.15) is 5.58 Å². The first-order valence-corrected chi connectivity index (χ1v) is 11.0. The first-order chi connectivity index (χ1) is 16.2. The highest BCUT2D eigenvalue weighted by atomic mass is 16.5. The van der Waals surface area contributed by atoms with Crippen molar-refractivity contribution in [2.45, 2.75) is 6.54 Å².